The van der Waals surface area contributed by atoms with E-state index >= 15 is 0 Å². The number of ether oxygens (including phenoxy) is 1. The van der Waals surface area contributed by atoms with Gasteiger partial charge in [-0.15, -0.1) is 0 Å². The lowest BCUT2D eigenvalue weighted by molar-refractivity contribution is 0.199. The molecule has 2 N–H and O–H groups in total. The molecule has 0 aliphatic rings. The molecule has 0 amide bonds. The predicted octanol–water partition coefficient (Wildman–Crippen LogP) is 2.71. The van der Waals surface area contributed by atoms with Crippen LogP contribution < -0.4 is 5.32 Å². The van der Waals surface area contributed by atoms with Crippen molar-refractivity contribution in [2.24, 2.45) is 0 Å². The number of halogens is 2. The fourth-order valence-corrected chi connectivity index (χ4v) is 2.24. The van der Waals surface area contributed by atoms with E-state index in [-0.39, 0.29) is 5.82 Å². The van der Waals surface area contributed by atoms with Crippen molar-refractivity contribution in [2.75, 3.05) is 20.3 Å². The summed E-state index contributed by atoms with van der Waals surface area (Å²) in [6.07, 6.45) is 1.74. The number of hydrogen-bond donors (Lipinski definition) is 2. The van der Waals surface area contributed by atoms with Crippen molar-refractivity contribution in [1.29, 1.82) is 0 Å². The normalized spacial score (nSPS) is 10.9. The summed E-state index contributed by atoms with van der Waals surface area (Å²) in [5, 5.41) is 3.20. The van der Waals surface area contributed by atoms with Gasteiger partial charge in [-0.1, -0.05) is 0 Å². The second kappa shape index (κ2) is 6.79. The van der Waals surface area contributed by atoms with Crippen molar-refractivity contribution < 1.29 is 9.13 Å². The summed E-state index contributed by atoms with van der Waals surface area (Å²) >= 11 is 3.35. The largest absolute Gasteiger partial charge is 0.383 e. The minimum atomic E-state index is -0.267. The molecular weight excluding hydrogens is 313 g/mol. The third-order valence-corrected chi connectivity index (χ3v) is 3.28. The number of nitrogens with one attached hydrogen (secondary N) is 2. The SMILES string of the molecule is COCCNCc1ncc(-c2ccc(F)cc2Br)[nH]1. The Morgan fingerprint density at radius 1 is 1.47 bits per heavy atom. The van der Waals surface area contributed by atoms with Crippen molar-refractivity contribution >= 4 is 15.9 Å². The van der Waals surface area contributed by atoms with Crippen LogP contribution in [0.15, 0.2) is 28.9 Å². The molecule has 0 saturated carbocycles. The van der Waals surface area contributed by atoms with Gasteiger partial charge in [0.15, 0.2) is 0 Å². The molecule has 0 spiro atoms. The Labute approximate surface area is 119 Å². The van der Waals surface area contributed by atoms with Gasteiger partial charge in [0.05, 0.1) is 25.0 Å². The summed E-state index contributed by atoms with van der Waals surface area (Å²) in [7, 11) is 1.67. The average Bonchev–Trinajstić information content (AvgIpc) is 2.83. The van der Waals surface area contributed by atoms with Gasteiger partial charge in [0.25, 0.3) is 0 Å². The topological polar surface area (TPSA) is 49.9 Å². The minimum Gasteiger partial charge on any atom is -0.383 e. The lowest BCUT2D eigenvalue weighted by Gasteiger charge is -2.02. The number of benzene rings is 1. The minimum absolute atomic E-state index is 0.267. The number of nitrogens with zero attached hydrogens (tertiary/aromatic N) is 1. The Morgan fingerprint density at radius 3 is 3.05 bits per heavy atom. The van der Waals surface area contributed by atoms with Crippen LogP contribution in [0.5, 0.6) is 0 Å². The Kier molecular flexibility index (Phi) is 5.07. The molecule has 0 bridgehead atoms. The average molecular weight is 328 g/mol. The fraction of sp³-hybridized carbons (Fsp3) is 0.308. The molecule has 2 aromatic rings. The molecule has 0 saturated heterocycles. The first kappa shape index (κ1) is 14.2. The zero-order valence-corrected chi connectivity index (χ0v) is 12.1. The van der Waals surface area contributed by atoms with E-state index in [0.717, 1.165) is 23.6 Å². The smallest absolute Gasteiger partial charge is 0.124 e. The van der Waals surface area contributed by atoms with E-state index in [1.54, 1.807) is 19.4 Å². The molecule has 19 heavy (non-hydrogen) atoms. The van der Waals surface area contributed by atoms with E-state index in [9.17, 15) is 4.39 Å². The molecule has 2 rings (SSSR count). The summed E-state index contributed by atoms with van der Waals surface area (Å²) < 4.78 is 18.7. The molecule has 6 heteroatoms. The van der Waals surface area contributed by atoms with Crippen LogP contribution in [0.4, 0.5) is 4.39 Å². The number of rotatable bonds is 6. The van der Waals surface area contributed by atoms with Crippen molar-refractivity contribution in [3.05, 3.63) is 40.5 Å². The Morgan fingerprint density at radius 2 is 2.32 bits per heavy atom. The van der Waals surface area contributed by atoms with Crippen LogP contribution in [0.1, 0.15) is 5.82 Å². The first-order chi connectivity index (χ1) is 9.20. The van der Waals surface area contributed by atoms with Gasteiger partial charge < -0.3 is 15.0 Å². The van der Waals surface area contributed by atoms with E-state index in [0.29, 0.717) is 17.6 Å². The Balaban J connectivity index is 2.04. The lowest BCUT2D eigenvalue weighted by atomic mass is 10.2. The number of methoxy groups -OCH3 is 1. The third kappa shape index (κ3) is 3.86. The van der Waals surface area contributed by atoms with Gasteiger partial charge in [0, 0.05) is 23.7 Å². The number of aromatic nitrogens is 2. The van der Waals surface area contributed by atoms with E-state index in [1.807, 2.05) is 0 Å². The highest BCUT2D eigenvalue weighted by Crippen LogP contribution is 2.27. The summed E-state index contributed by atoms with van der Waals surface area (Å²) in [6, 6.07) is 4.58. The lowest BCUT2D eigenvalue weighted by Crippen LogP contribution is -2.19. The summed E-state index contributed by atoms with van der Waals surface area (Å²) in [5.41, 5.74) is 1.74. The Bertz CT molecular complexity index is 544. The van der Waals surface area contributed by atoms with Crippen LogP contribution in [0, 0.1) is 5.82 Å². The highest BCUT2D eigenvalue weighted by Gasteiger charge is 2.07. The van der Waals surface area contributed by atoms with Crippen LogP contribution in [-0.4, -0.2) is 30.2 Å². The molecule has 1 heterocycles. The molecule has 0 atom stereocenters. The first-order valence-electron chi connectivity index (χ1n) is 5.89. The van der Waals surface area contributed by atoms with Gasteiger partial charge in [-0.05, 0) is 34.1 Å². The second-order valence-corrected chi connectivity index (χ2v) is 4.89. The zero-order valence-electron chi connectivity index (χ0n) is 10.5. The van der Waals surface area contributed by atoms with Gasteiger partial charge in [0.1, 0.15) is 11.6 Å². The quantitative estimate of drug-likeness (QED) is 0.802. The molecule has 0 aliphatic carbocycles. The third-order valence-electron chi connectivity index (χ3n) is 2.63. The van der Waals surface area contributed by atoms with E-state index in [2.05, 4.69) is 31.2 Å². The summed E-state index contributed by atoms with van der Waals surface area (Å²) in [5.74, 6) is 0.568. The molecule has 0 fully saturated rings. The first-order valence-corrected chi connectivity index (χ1v) is 6.69. The van der Waals surface area contributed by atoms with Crippen molar-refractivity contribution in [1.82, 2.24) is 15.3 Å². The number of imidazole rings is 1. The van der Waals surface area contributed by atoms with Gasteiger partial charge >= 0.3 is 0 Å². The molecule has 1 aromatic heterocycles. The van der Waals surface area contributed by atoms with Gasteiger partial charge in [-0.2, -0.15) is 0 Å². The maximum atomic E-state index is 13.0. The highest BCUT2D eigenvalue weighted by molar-refractivity contribution is 9.10. The summed E-state index contributed by atoms with van der Waals surface area (Å²) in [4.78, 5) is 7.48. The number of H-pyrrole nitrogens is 1. The van der Waals surface area contributed by atoms with Gasteiger partial charge in [-0.25, -0.2) is 9.37 Å². The fourth-order valence-electron chi connectivity index (χ4n) is 1.68. The highest BCUT2D eigenvalue weighted by atomic mass is 79.9. The monoisotopic (exact) mass is 327 g/mol. The predicted molar refractivity (Wildman–Crippen MR) is 75.3 cm³/mol. The molecule has 0 aliphatic heterocycles. The van der Waals surface area contributed by atoms with E-state index in [1.165, 1.54) is 12.1 Å². The molecule has 0 unspecified atom stereocenters. The van der Waals surface area contributed by atoms with Crippen molar-refractivity contribution in [3.63, 3.8) is 0 Å². The van der Waals surface area contributed by atoms with Crippen molar-refractivity contribution in [3.8, 4) is 11.3 Å². The number of hydrogen-bond acceptors (Lipinski definition) is 3. The van der Waals surface area contributed by atoms with Gasteiger partial charge in [-0.3, -0.25) is 0 Å². The number of aromatic amines is 1. The summed E-state index contributed by atoms with van der Waals surface area (Å²) in [6.45, 7) is 2.08. The van der Waals surface area contributed by atoms with Gasteiger partial charge in [0.2, 0.25) is 0 Å². The second-order valence-electron chi connectivity index (χ2n) is 4.04. The van der Waals surface area contributed by atoms with Crippen LogP contribution >= 0.6 is 15.9 Å². The van der Waals surface area contributed by atoms with Crippen LogP contribution in [-0.2, 0) is 11.3 Å². The van der Waals surface area contributed by atoms with Crippen LogP contribution in [0.3, 0.4) is 0 Å². The zero-order chi connectivity index (χ0) is 13.7. The standard InChI is InChI=1S/C13H15BrFN3O/c1-19-5-4-16-8-13-17-7-12(18-13)10-3-2-9(15)6-11(10)14/h2-3,6-7,16H,4-5,8H2,1H3,(H,17,18). The molecular formula is C13H15BrFN3O. The van der Waals surface area contributed by atoms with E-state index < -0.39 is 0 Å². The Hall–Kier alpha value is -1.24. The van der Waals surface area contributed by atoms with Crippen LogP contribution in [0.2, 0.25) is 0 Å². The maximum Gasteiger partial charge on any atom is 0.124 e. The van der Waals surface area contributed by atoms with E-state index in [4.69, 9.17) is 4.74 Å². The van der Waals surface area contributed by atoms with Crippen molar-refractivity contribution in [2.45, 2.75) is 6.54 Å². The van der Waals surface area contributed by atoms with Crippen LogP contribution in [0.25, 0.3) is 11.3 Å². The molecule has 0 radical (unpaired) electrons. The molecule has 102 valence electrons. The maximum absolute atomic E-state index is 13.0. The molecule has 1 aromatic carbocycles. The molecule has 4 nitrogen and oxygen atoms in total.